The molecular weight excluding hydrogens is 516 g/mol. The Labute approximate surface area is 232 Å². The Hall–Kier alpha value is -4.74. The van der Waals surface area contributed by atoms with Crippen LogP contribution >= 0.6 is 0 Å². The Morgan fingerprint density at radius 2 is 0.875 bits per heavy atom. The lowest BCUT2D eigenvalue weighted by Gasteiger charge is -2.27. The van der Waals surface area contributed by atoms with Crippen molar-refractivity contribution in [1.29, 1.82) is 0 Å². The predicted molar refractivity (Wildman–Crippen MR) is 147 cm³/mol. The van der Waals surface area contributed by atoms with E-state index in [0.717, 1.165) is 0 Å². The highest BCUT2D eigenvalue weighted by atomic mass is 16.2. The summed E-state index contributed by atoms with van der Waals surface area (Å²) in [6.07, 6.45) is 2.48. The molecule has 0 aliphatic heterocycles. The van der Waals surface area contributed by atoms with E-state index in [1.165, 1.54) is 24.3 Å². The number of benzene rings is 2. The largest absolute Gasteiger partial charge is 0.326 e. The molecule has 0 bridgehead atoms. The average Bonchev–Trinajstić information content (AvgIpc) is 2.98. The van der Waals surface area contributed by atoms with Gasteiger partial charge in [0.15, 0.2) is 0 Å². The lowest BCUT2D eigenvalue weighted by Crippen LogP contribution is -2.47. The fourth-order valence-electron chi connectivity index (χ4n) is 4.11. The van der Waals surface area contributed by atoms with Crippen LogP contribution in [0.25, 0.3) is 0 Å². The number of rotatable bonds is 8. The first-order valence-electron chi connectivity index (χ1n) is 13.2. The zero-order valence-corrected chi connectivity index (χ0v) is 22.5. The summed E-state index contributed by atoms with van der Waals surface area (Å²) in [5.74, 6) is -2.67. The van der Waals surface area contributed by atoms with Gasteiger partial charge in [-0.2, -0.15) is 0 Å². The quantitative estimate of drug-likeness (QED) is 0.275. The summed E-state index contributed by atoms with van der Waals surface area (Å²) in [4.78, 5) is 72.7. The molecule has 40 heavy (non-hydrogen) atoms. The highest BCUT2D eigenvalue weighted by molar-refractivity contribution is 5.98. The molecule has 1 aliphatic carbocycles. The Bertz CT molecular complexity index is 1140. The molecule has 0 spiro atoms. The molecule has 1 fully saturated rings. The van der Waals surface area contributed by atoms with Crippen LogP contribution in [0, 0.1) is 11.8 Å². The SMILES string of the molecule is CCC(=O)Nc1ccc(C(=O)NNC(=O)C2CCC(C(=O)NNC(=O)c3ccc(NC(=O)CC)cc3)CC2)cc1. The van der Waals surface area contributed by atoms with Crippen molar-refractivity contribution in [3.63, 3.8) is 0 Å². The molecule has 0 aromatic heterocycles. The van der Waals surface area contributed by atoms with E-state index >= 15 is 0 Å². The normalized spacial score (nSPS) is 16.1. The van der Waals surface area contributed by atoms with Gasteiger partial charge in [-0.15, -0.1) is 0 Å². The van der Waals surface area contributed by atoms with Crippen LogP contribution in [-0.2, 0) is 19.2 Å². The molecule has 0 atom stereocenters. The van der Waals surface area contributed by atoms with Crippen LogP contribution < -0.4 is 32.3 Å². The van der Waals surface area contributed by atoms with Gasteiger partial charge in [-0.25, -0.2) is 0 Å². The molecule has 6 N–H and O–H groups in total. The second-order valence-corrected chi connectivity index (χ2v) is 9.39. The minimum atomic E-state index is -0.495. The van der Waals surface area contributed by atoms with Crippen LogP contribution in [0.3, 0.4) is 0 Å². The standard InChI is InChI=1S/C28H34N6O6/c1-3-23(35)29-21-13-9-19(10-14-21)27(39)33-31-25(37)17-5-7-18(8-6-17)26(38)32-34-28(40)20-11-15-22(16-12-20)30-24(36)4-2/h9-18H,3-8H2,1-2H3,(H,29,35)(H,30,36)(H,31,37)(H,32,38)(H,33,39)(H,34,40). The molecule has 1 saturated carbocycles. The van der Waals surface area contributed by atoms with Crippen molar-refractivity contribution in [3.8, 4) is 0 Å². The second-order valence-electron chi connectivity index (χ2n) is 9.39. The summed E-state index contributed by atoms with van der Waals surface area (Å²) in [5.41, 5.74) is 11.4. The van der Waals surface area contributed by atoms with Crippen molar-refractivity contribution in [2.24, 2.45) is 11.8 Å². The number of anilines is 2. The van der Waals surface area contributed by atoms with E-state index in [2.05, 4.69) is 32.3 Å². The first-order chi connectivity index (χ1) is 19.2. The van der Waals surface area contributed by atoms with E-state index in [0.29, 0.717) is 61.0 Å². The number of hydrogen-bond donors (Lipinski definition) is 6. The molecule has 12 heteroatoms. The van der Waals surface area contributed by atoms with E-state index < -0.39 is 11.8 Å². The maximum Gasteiger partial charge on any atom is 0.269 e. The van der Waals surface area contributed by atoms with Crippen molar-refractivity contribution >= 4 is 46.8 Å². The van der Waals surface area contributed by atoms with Crippen LogP contribution in [0.15, 0.2) is 48.5 Å². The fourth-order valence-corrected chi connectivity index (χ4v) is 4.11. The molecule has 12 nitrogen and oxygen atoms in total. The minimum Gasteiger partial charge on any atom is -0.326 e. The van der Waals surface area contributed by atoms with Crippen LogP contribution in [0.2, 0.25) is 0 Å². The lowest BCUT2D eigenvalue weighted by molar-refractivity contribution is -0.131. The molecule has 0 heterocycles. The van der Waals surface area contributed by atoms with Gasteiger partial charge in [-0.1, -0.05) is 13.8 Å². The summed E-state index contributed by atoms with van der Waals surface area (Å²) in [5, 5.41) is 5.38. The number of hydrazine groups is 2. The van der Waals surface area contributed by atoms with Crippen molar-refractivity contribution in [1.82, 2.24) is 21.7 Å². The van der Waals surface area contributed by atoms with Crippen LogP contribution in [0.1, 0.15) is 73.1 Å². The summed E-state index contributed by atoms with van der Waals surface area (Å²) >= 11 is 0. The summed E-state index contributed by atoms with van der Waals surface area (Å²) < 4.78 is 0. The zero-order chi connectivity index (χ0) is 29.1. The first kappa shape index (κ1) is 29.8. The van der Waals surface area contributed by atoms with Crippen molar-refractivity contribution in [2.45, 2.75) is 52.4 Å². The highest BCUT2D eigenvalue weighted by Gasteiger charge is 2.30. The number of hydrogen-bond acceptors (Lipinski definition) is 6. The second kappa shape index (κ2) is 14.4. The number of carbonyl (C=O) groups is 6. The van der Waals surface area contributed by atoms with Gasteiger partial charge in [-0.3, -0.25) is 50.5 Å². The van der Waals surface area contributed by atoms with Gasteiger partial charge in [0.1, 0.15) is 0 Å². The van der Waals surface area contributed by atoms with Crippen molar-refractivity contribution in [3.05, 3.63) is 59.7 Å². The van der Waals surface area contributed by atoms with E-state index in [1.54, 1.807) is 38.1 Å². The average molecular weight is 551 g/mol. The Kier molecular flexibility index (Phi) is 10.7. The van der Waals surface area contributed by atoms with Gasteiger partial charge < -0.3 is 10.6 Å². The van der Waals surface area contributed by atoms with Gasteiger partial charge in [0.25, 0.3) is 11.8 Å². The highest BCUT2D eigenvalue weighted by Crippen LogP contribution is 2.29. The van der Waals surface area contributed by atoms with E-state index in [9.17, 15) is 28.8 Å². The van der Waals surface area contributed by atoms with E-state index in [1.807, 2.05) is 0 Å². The third-order valence-corrected chi connectivity index (χ3v) is 6.57. The summed E-state index contributed by atoms with van der Waals surface area (Å²) in [6.45, 7) is 3.48. The molecule has 0 radical (unpaired) electrons. The predicted octanol–water partition coefficient (Wildman–Crippen LogP) is 2.41. The Balaban J connectivity index is 1.37. The monoisotopic (exact) mass is 550 g/mol. The van der Waals surface area contributed by atoms with Gasteiger partial charge in [0.2, 0.25) is 23.6 Å². The Morgan fingerprint density at radius 3 is 1.18 bits per heavy atom. The van der Waals surface area contributed by atoms with Gasteiger partial charge in [0, 0.05) is 47.2 Å². The molecular formula is C28H34N6O6. The zero-order valence-electron chi connectivity index (χ0n) is 22.5. The van der Waals surface area contributed by atoms with Gasteiger partial charge in [0.05, 0.1) is 0 Å². The van der Waals surface area contributed by atoms with Gasteiger partial charge in [-0.05, 0) is 74.2 Å². The molecule has 0 saturated heterocycles. The van der Waals surface area contributed by atoms with Crippen LogP contribution in [0.4, 0.5) is 11.4 Å². The lowest BCUT2D eigenvalue weighted by atomic mass is 9.81. The topological polar surface area (TPSA) is 175 Å². The maximum absolute atomic E-state index is 12.5. The first-order valence-corrected chi connectivity index (χ1v) is 13.2. The van der Waals surface area contributed by atoms with E-state index in [-0.39, 0.29) is 35.5 Å². The van der Waals surface area contributed by atoms with E-state index in [4.69, 9.17) is 0 Å². The minimum absolute atomic E-state index is 0.136. The van der Waals surface area contributed by atoms with Crippen LogP contribution in [-0.4, -0.2) is 35.4 Å². The third-order valence-electron chi connectivity index (χ3n) is 6.57. The molecule has 0 unspecified atom stereocenters. The van der Waals surface area contributed by atoms with Crippen molar-refractivity contribution in [2.75, 3.05) is 10.6 Å². The fraction of sp³-hybridized carbons (Fsp3) is 0.357. The molecule has 2 aromatic rings. The molecule has 6 amide bonds. The maximum atomic E-state index is 12.5. The van der Waals surface area contributed by atoms with Gasteiger partial charge >= 0.3 is 0 Å². The molecule has 1 aliphatic rings. The molecule has 212 valence electrons. The van der Waals surface area contributed by atoms with Crippen molar-refractivity contribution < 1.29 is 28.8 Å². The Morgan fingerprint density at radius 1 is 0.550 bits per heavy atom. The summed E-state index contributed by atoms with van der Waals surface area (Å²) in [6, 6.07) is 12.6. The van der Waals surface area contributed by atoms with Crippen LogP contribution in [0.5, 0.6) is 0 Å². The molecule has 3 rings (SSSR count). The molecule has 2 aromatic carbocycles. The summed E-state index contributed by atoms with van der Waals surface area (Å²) in [7, 11) is 0. The third kappa shape index (κ3) is 8.65. The number of nitrogens with one attached hydrogen (secondary N) is 6. The number of carbonyl (C=O) groups excluding carboxylic acids is 6. The smallest absolute Gasteiger partial charge is 0.269 e. The number of amides is 6.